The Morgan fingerprint density at radius 3 is 2.27 bits per heavy atom. The van der Waals surface area contributed by atoms with Crippen LogP contribution in [0.1, 0.15) is 46.0 Å². The van der Waals surface area contributed by atoms with Crippen molar-refractivity contribution in [3.63, 3.8) is 0 Å². The standard InChI is InChI=1S/C19H24BNO5/c1-12(20-25-18(2,3)19(4,5)26-20)13-7-9-15-14(11-13)8-10-16(24-6)17(15)21(22)23/h7-12H,1-6H3/t12-/m0/s1. The summed E-state index contributed by atoms with van der Waals surface area (Å²) < 4.78 is 17.4. The van der Waals surface area contributed by atoms with Gasteiger partial charge in [0.05, 0.1) is 28.6 Å². The highest BCUT2D eigenvalue weighted by Crippen LogP contribution is 2.42. The van der Waals surface area contributed by atoms with Gasteiger partial charge in [-0.05, 0) is 50.8 Å². The van der Waals surface area contributed by atoms with E-state index in [1.54, 1.807) is 12.1 Å². The number of hydrogen-bond donors (Lipinski definition) is 0. The first-order valence-corrected chi connectivity index (χ1v) is 8.68. The smallest absolute Gasteiger partial charge is 0.465 e. The maximum absolute atomic E-state index is 11.5. The minimum Gasteiger partial charge on any atom is -0.490 e. The van der Waals surface area contributed by atoms with Gasteiger partial charge in [0.15, 0.2) is 5.75 Å². The first-order chi connectivity index (χ1) is 12.1. The molecule has 0 spiro atoms. The Kier molecular flexibility index (Phi) is 4.49. The van der Waals surface area contributed by atoms with Gasteiger partial charge in [-0.25, -0.2) is 0 Å². The molecule has 3 rings (SSSR count). The van der Waals surface area contributed by atoms with Gasteiger partial charge >= 0.3 is 12.8 Å². The Morgan fingerprint density at radius 2 is 1.73 bits per heavy atom. The number of nitrogens with zero attached hydrogens (tertiary/aromatic N) is 1. The summed E-state index contributed by atoms with van der Waals surface area (Å²) in [4.78, 5) is 11.0. The van der Waals surface area contributed by atoms with E-state index in [2.05, 4.69) is 0 Å². The lowest BCUT2D eigenvalue weighted by Crippen LogP contribution is -2.41. The minimum atomic E-state index is -0.404. The van der Waals surface area contributed by atoms with Gasteiger partial charge in [-0.3, -0.25) is 10.1 Å². The number of ether oxygens (including phenoxy) is 1. The fourth-order valence-corrected chi connectivity index (χ4v) is 3.20. The zero-order valence-electron chi connectivity index (χ0n) is 16.0. The van der Waals surface area contributed by atoms with Crippen LogP contribution in [0.15, 0.2) is 30.3 Å². The second kappa shape index (κ2) is 6.25. The highest BCUT2D eigenvalue weighted by Gasteiger charge is 2.53. The summed E-state index contributed by atoms with van der Waals surface area (Å²) in [7, 11) is 1.06. The van der Waals surface area contributed by atoms with E-state index in [4.69, 9.17) is 14.0 Å². The van der Waals surface area contributed by atoms with Crippen LogP contribution in [0.25, 0.3) is 10.8 Å². The normalized spacial score (nSPS) is 19.5. The van der Waals surface area contributed by atoms with Crippen LogP contribution in [0.4, 0.5) is 5.69 Å². The van der Waals surface area contributed by atoms with Crippen LogP contribution in [0.3, 0.4) is 0 Å². The fraction of sp³-hybridized carbons (Fsp3) is 0.474. The lowest BCUT2D eigenvalue weighted by molar-refractivity contribution is -0.383. The third-order valence-corrected chi connectivity index (χ3v) is 5.59. The number of fused-ring (bicyclic) bond motifs is 1. The summed E-state index contributed by atoms with van der Waals surface area (Å²) in [5, 5.41) is 12.8. The predicted octanol–water partition coefficient (Wildman–Crippen LogP) is 4.49. The summed E-state index contributed by atoms with van der Waals surface area (Å²) in [6.07, 6.45) is 0. The molecule has 2 aromatic carbocycles. The van der Waals surface area contributed by atoms with Crippen molar-refractivity contribution in [3.05, 3.63) is 46.0 Å². The molecule has 0 aromatic heterocycles. The molecule has 1 fully saturated rings. The third kappa shape index (κ3) is 2.95. The number of methoxy groups -OCH3 is 1. The Labute approximate surface area is 153 Å². The molecule has 1 heterocycles. The first-order valence-electron chi connectivity index (χ1n) is 8.68. The maximum atomic E-state index is 11.5. The van der Waals surface area contributed by atoms with Gasteiger partial charge in [-0.15, -0.1) is 0 Å². The number of hydrogen-bond acceptors (Lipinski definition) is 5. The second-order valence-corrected chi connectivity index (χ2v) is 7.77. The van der Waals surface area contributed by atoms with E-state index in [0.717, 1.165) is 10.9 Å². The third-order valence-electron chi connectivity index (χ3n) is 5.59. The molecule has 7 heteroatoms. The largest absolute Gasteiger partial charge is 0.490 e. The van der Waals surface area contributed by atoms with Gasteiger partial charge in [-0.1, -0.05) is 25.1 Å². The molecule has 1 aliphatic heterocycles. The fourth-order valence-electron chi connectivity index (χ4n) is 3.20. The first kappa shape index (κ1) is 18.7. The summed E-state index contributed by atoms with van der Waals surface area (Å²) in [5.74, 6) is 0.246. The van der Waals surface area contributed by atoms with Crippen LogP contribution >= 0.6 is 0 Å². The van der Waals surface area contributed by atoms with Crippen LogP contribution in [-0.2, 0) is 9.31 Å². The average molecular weight is 357 g/mol. The molecule has 0 saturated carbocycles. The molecule has 1 aliphatic rings. The van der Waals surface area contributed by atoms with Gasteiger partial charge in [0, 0.05) is 5.82 Å². The number of nitro groups is 1. The Bertz CT molecular complexity index is 848. The molecule has 0 bridgehead atoms. The summed E-state index contributed by atoms with van der Waals surface area (Å²) in [6, 6.07) is 9.08. The molecular weight excluding hydrogens is 333 g/mol. The molecule has 0 N–H and O–H groups in total. The molecule has 138 valence electrons. The van der Waals surface area contributed by atoms with Crippen molar-refractivity contribution in [1.82, 2.24) is 0 Å². The van der Waals surface area contributed by atoms with E-state index in [-0.39, 0.29) is 24.4 Å². The van der Waals surface area contributed by atoms with Crippen molar-refractivity contribution >= 4 is 23.6 Å². The van der Waals surface area contributed by atoms with Crippen LogP contribution in [0, 0.1) is 10.1 Å². The van der Waals surface area contributed by atoms with Crippen LogP contribution in [0.5, 0.6) is 5.75 Å². The van der Waals surface area contributed by atoms with Gasteiger partial charge in [-0.2, -0.15) is 0 Å². The van der Waals surface area contributed by atoms with Gasteiger partial charge in [0.2, 0.25) is 0 Å². The highest BCUT2D eigenvalue weighted by molar-refractivity contribution is 6.47. The summed E-state index contributed by atoms with van der Waals surface area (Å²) >= 11 is 0. The highest BCUT2D eigenvalue weighted by atomic mass is 16.7. The van der Waals surface area contributed by atoms with Gasteiger partial charge in [0.1, 0.15) is 0 Å². The number of rotatable bonds is 4. The van der Waals surface area contributed by atoms with Crippen molar-refractivity contribution in [3.8, 4) is 5.75 Å². The molecule has 0 radical (unpaired) electrons. The Morgan fingerprint density at radius 1 is 1.12 bits per heavy atom. The van der Waals surface area contributed by atoms with Crippen molar-refractivity contribution in [2.24, 2.45) is 0 Å². The van der Waals surface area contributed by atoms with Gasteiger partial charge < -0.3 is 14.0 Å². The molecule has 0 unspecified atom stereocenters. The van der Waals surface area contributed by atoms with Crippen LogP contribution in [0.2, 0.25) is 0 Å². The van der Waals surface area contributed by atoms with E-state index in [1.807, 2.05) is 52.8 Å². The molecule has 0 amide bonds. The lowest BCUT2D eigenvalue weighted by Gasteiger charge is -2.32. The quantitative estimate of drug-likeness (QED) is 0.458. The Hall–Kier alpha value is -2.12. The second-order valence-electron chi connectivity index (χ2n) is 7.77. The van der Waals surface area contributed by atoms with Crippen molar-refractivity contribution in [1.29, 1.82) is 0 Å². The molecule has 0 aliphatic carbocycles. The topological polar surface area (TPSA) is 70.8 Å². The van der Waals surface area contributed by atoms with E-state index in [0.29, 0.717) is 5.39 Å². The van der Waals surface area contributed by atoms with Gasteiger partial charge in [0.25, 0.3) is 0 Å². The molecule has 6 nitrogen and oxygen atoms in total. The maximum Gasteiger partial charge on any atom is 0.465 e. The summed E-state index contributed by atoms with van der Waals surface area (Å²) in [5.41, 5.74) is 0.208. The van der Waals surface area contributed by atoms with E-state index >= 15 is 0 Å². The van der Waals surface area contributed by atoms with E-state index < -0.39 is 16.1 Å². The zero-order chi connectivity index (χ0) is 19.3. The average Bonchev–Trinajstić information content (AvgIpc) is 2.80. The Balaban J connectivity index is 1.99. The van der Waals surface area contributed by atoms with Crippen LogP contribution in [-0.4, -0.2) is 30.4 Å². The van der Waals surface area contributed by atoms with E-state index in [9.17, 15) is 10.1 Å². The SMILES string of the molecule is COc1ccc2cc([C@H](C)B3OC(C)(C)C(C)(C)O3)ccc2c1[N+](=O)[O-]. The molecule has 2 aromatic rings. The molecule has 26 heavy (non-hydrogen) atoms. The van der Waals surface area contributed by atoms with Crippen molar-refractivity contribution in [2.75, 3.05) is 7.11 Å². The zero-order valence-corrected chi connectivity index (χ0v) is 16.0. The monoisotopic (exact) mass is 357 g/mol. The molecule has 1 atom stereocenters. The van der Waals surface area contributed by atoms with E-state index in [1.165, 1.54) is 7.11 Å². The van der Waals surface area contributed by atoms with Crippen LogP contribution < -0.4 is 4.74 Å². The molecular formula is C19H24BNO5. The summed E-state index contributed by atoms with van der Waals surface area (Å²) in [6.45, 7) is 10.1. The van der Waals surface area contributed by atoms with Crippen molar-refractivity contribution in [2.45, 2.75) is 51.6 Å². The number of nitro benzene ring substituents is 1. The number of benzene rings is 2. The lowest BCUT2D eigenvalue weighted by atomic mass is 9.69. The van der Waals surface area contributed by atoms with Crippen molar-refractivity contribution < 1.29 is 19.0 Å². The minimum absolute atomic E-state index is 0.0124. The molecule has 1 saturated heterocycles. The predicted molar refractivity (Wildman–Crippen MR) is 102 cm³/mol.